The van der Waals surface area contributed by atoms with Gasteiger partial charge in [-0.1, -0.05) is 50.9 Å². The highest BCUT2D eigenvalue weighted by molar-refractivity contribution is 6.31. The van der Waals surface area contributed by atoms with E-state index in [1.807, 2.05) is 34.6 Å². The van der Waals surface area contributed by atoms with E-state index in [1.54, 1.807) is 45.2 Å². The largest absolute Gasteiger partial charge is 0.377 e. The molecule has 1 heterocycles. The molecule has 1 aromatic heterocycles. The normalized spacial score (nSPS) is 23.4. The van der Waals surface area contributed by atoms with Gasteiger partial charge in [0.15, 0.2) is 6.17 Å². The van der Waals surface area contributed by atoms with Crippen molar-refractivity contribution in [2.45, 2.75) is 80.4 Å². The second-order valence-corrected chi connectivity index (χ2v) is 9.92. The Morgan fingerprint density at radius 1 is 1.17 bits per heavy atom. The Morgan fingerprint density at radius 2 is 1.75 bits per heavy atom. The van der Waals surface area contributed by atoms with Gasteiger partial charge < -0.3 is 5.32 Å². The Balaban J connectivity index is 0.00000222. The van der Waals surface area contributed by atoms with Gasteiger partial charge in [-0.25, -0.2) is 27.5 Å². The van der Waals surface area contributed by atoms with Crippen LogP contribution in [0.1, 0.15) is 61.2 Å². The topological polar surface area (TPSA) is 37.8 Å². The number of hydrogen-bond acceptors (Lipinski definition) is 3. The predicted octanol–water partition coefficient (Wildman–Crippen LogP) is 9.10. The van der Waals surface area contributed by atoms with Gasteiger partial charge in [0, 0.05) is 17.3 Å². The Bertz CT molecular complexity index is 1200. The number of fused-ring (bicyclic) bond motifs is 1. The molecular weight excluding hydrogens is 490 g/mol. The Labute approximate surface area is 216 Å². The first kappa shape index (κ1) is 29.8. The van der Waals surface area contributed by atoms with E-state index in [0.29, 0.717) is 28.0 Å². The maximum Gasteiger partial charge on any atom is 0.290 e. The number of aromatic nitrogens is 2. The molecule has 2 unspecified atom stereocenters. The summed E-state index contributed by atoms with van der Waals surface area (Å²) in [5.74, 6) is -3.50. The molecule has 0 spiro atoms. The van der Waals surface area contributed by atoms with E-state index in [-0.39, 0.29) is 16.5 Å². The molecule has 8 heteroatoms. The van der Waals surface area contributed by atoms with Crippen LogP contribution >= 0.6 is 11.6 Å². The van der Waals surface area contributed by atoms with E-state index in [1.165, 1.54) is 13.0 Å². The second kappa shape index (κ2) is 11.3. The number of nitrogens with zero attached hydrogens (tertiary/aromatic N) is 2. The molecule has 36 heavy (non-hydrogen) atoms. The Hall–Kier alpha value is -2.41. The van der Waals surface area contributed by atoms with Crippen molar-refractivity contribution < 1.29 is 17.6 Å². The van der Waals surface area contributed by atoms with Crippen LogP contribution in [-0.4, -0.2) is 28.1 Å². The summed E-state index contributed by atoms with van der Waals surface area (Å²) in [4.78, 5) is 8.55. The fourth-order valence-electron chi connectivity index (χ4n) is 4.14. The highest BCUT2D eigenvalue weighted by Crippen LogP contribution is 2.65. The third-order valence-corrected chi connectivity index (χ3v) is 7.21. The average molecular weight is 526 g/mol. The van der Waals surface area contributed by atoms with Gasteiger partial charge in [-0.3, -0.25) is 0 Å². The Morgan fingerprint density at radius 3 is 2.28 bits per heavy atom. The fraction of sp³-hybridized carbons (Fsp3) is 0.500. The zero-order valence-corrected chi connectivity index (χ0v) is 23.2. The molecule has 1 N–H and O–H groups in total. The van der Waals surface area contributed by atoms with Gasteiger partial charge in [-0.15, -0.1) is 0 Å². The van der Waals surface area contributed by atoms with Gasteiger partial charge in [0.2, 0.25) is 0 Å². The third kappa shape index (κ3) is 5.46. The van der Waals surface area contributed by atoms with Crippen LogP contribution in [0.15, 0.2) is 58.1 Å². The highest BCUT2D eigenvalue weighted by Gasteiger charge is 2.82. The van der Waals surface area contributed by atoms with Gasteiger partial charge >= 0.3 is 0 Å². The number of rotatable bonds is 7. The summed E-state index contributed by atoms with van der Waals surface area (Å²) in [6, 6.07) is 4.03. The van der Waals surface area contributed by atoms with Crippen molar-refractivity contribution in [1.29, 1.82) is 0 Å². The van der Waals surface area contributed by atoms with E-state index in [9.17, 15) is 13.2 Å². The summed E-state index contributed by atoms with van der Waals surface area (Å²) in [6.45, 7) is 15.8. The van der Waals surface area contributed by atoms with Crippen LogP contribution in [0.5, 0.6) is 0 Å². The van der Waals surface area contributed by atoms with Crippen LogP contribution in [0, 0.1) is 18.3 Å². The number of allylic oxidation sites excluding steroid dienone is 5. The molecule has 3 nitrogen and oxygen atoms in total. The lowest BCUT2D eigenvalue weighted by atomic mass is 9.90. The molecule has 1 aliphatic carbocycles. The molecule has 3 atom stereocenters. The molecule has 0 aliphatic heterocycles. The second-order valence-electron chi connectivity index (χ2n) is 9.51. The molecule has 1 aliphatic rings. The molecule has 1 fully saturated rings. The molecule has 0 amide bonds. The number of hydrogen-bond donors (Lipinski definition) is 1. The summed E-state index contributed by atoms with van der Waals surface area (Å²) < 4.78 is 58.5. The van der Waals surface area contributed by atoms with Crippen LogP contribution < -0.4 is 5.32 Å². The number of anilines is 1. The number of alkyl halides is 3. The van der Waals surface area contributed by atoms with Crippen LogP contribution in [0.4, 0.5) is 23.2 Å². The summed E-state index contributed by atoms with van der Waals surface area (Å²) in [6.07, 6.45) is 0.530. The minimum atomic E-state index is -3.55. The first-order valence-corrected chi connectivity index (χ1v) is 12.5. The maximum absolute atomic E-state index is 15.0. The standard InChI is InChI=1S/C26H30ClF4N3.C2H6/c1-13(2)15(4)16(5)22(28)19(27)11-14(3)23(25(7)24(29)26(25,30)31)34-21-10-8-9-20-18(21)12-32-17(6)33-20;1-2/h8-13,23-24,34H,1-7H3;1-2H3/b14-11+,16-15+,22-19-;/t23?,24?,25-;/m0./s1. The van der Waals surface area contributed by atoms with Crippen molar-refractivity contribution in [3.63, 3.8) is 0 Å². The van der Waals surface area contributed by atoms with Crippen molar-refractivity contribution >= 4 is 28.2 Å². The van der Waals surface area contributed by atoms with Crippen molar-refractivity contribution in [3.8, 4) is 0 Å². The number of halogens is 5. The van der Waals surface area contributed by atoms with Crippen molar-refractivity contribution in [2.75, 3.05) is 5.32 Å². The molecule has 3 rings (SSSR count). The van der Waals surface area contributed by atoms with Crippen LogP contribution in [0.2, 0.25) is 0 Å². The smallest absolute Gasteiger partial charge is 0.290 e. The zero-order chi connectivity index (χ0) is 27.6. The van der Waals surface area contributed by atoms with E-state index in [0.717, 1.165) is 5.57 Å². The van der Waals surface area contributed by atoms with E-state index in [4.69, 9.17) is 11.6 Å². The van der Waals surface area contributed by atoms with Crippen molar-refractivity contribution in [3.05, 3.63) is 63.9 Å². The molecule has 0 radical (unpaired) electrons. The lowest BCUT2D eigenvalue weighted by Gasteiger charge is -2.27. The fourth-order valence-corrected chi connectivity index (χ4v) is 4.45. The summed E-state index contributed by atoms with van der Waals surface area (Å²) in [5.41, 5.74) is 0.555. The first-order valence-electron chi connectivity index (χ1n) is 12.1. The van der Waals surface area contributed by atoms with Gasteiger partial charge in [-0.2, -0.15) is 0 Å². The number of aryl methyl sites for hydroxylation is 1. The zero-order valence-electron chi connectivity index (χ0n) is 22.4. The predicted molar refractivity (Wildman–Crippen MR) is 142 cm³/mol. The number of benzene rings is 1. The summed E-state index contributed by atoms with van der Waals surface area (Å²) in [5, 5.41) is 3.44. The van der Waals surface area contributed by atoms with Gasteiger partial charge in [0.25, 0.3) is 5.92 Å². The van der Waals surface area contributed by atoms with Crippen molar-refractivity contribution in [1.82, 2.24) is 9.97 Å². The average Bonchev–Trinajstić information content (AvgIpc) is 3.24. The van der Waals surface area contributed by atoms with Crippen LogP contribution in [-0.2, 0) is 0 Å². The molecule has 198 valence electrons. The molecule has 2 aromatic rings. The van der Waals surface area contributed by atoms with Gasteiger partial charge in [0.05, 0.1) is 22.0 Å². The molecule has 1 saturated carbocycles. The van der Waals surface area contributed by atoms with Crippen LogP contribution in [0.3, 0.4) is 0 Å². The van der Waals surface area contributed by atoms with E-state index >= 15 is 4.39 Å². The summed E-state index contributed by atoms with van der Waals surface area (Å²) >= 11 is 6.27. The maximum atomic E-state index is 15.0. The van der Waals surface area contributed by atoms with E-state index in [2.05, 4.69) is 15.3 Å². The quantitative estimate of drug-likeness (QED) is 0.289. The third-order valence-electron chi connectivity index (χ3n) is 6.93. The minimum Gasteiger partial charge on any atom is -0.377 e. The molecule has 0 bridgehead atoms. The minimum absolute atomic E-state index is 0.114. The molecule has 0 saturated heterocycles. The highest BCUT2D eigenvalue weighted by atomic mass is 35.5. The SMILES string of the molecule is CC.C\C(=C/C(Cl)=C(F)\C(C)=C(/C)C(C)C)C(Nc1cccc2nc(C)ncc12)[C@@]1(C)C(F)C1(F)F. The molecular formula is C28H36ClF4N3. The lowest BCUT2D eigenvalue weighted by Crippen LogP contribution is -2.34. The van der Waals surface area contributed by atoms with Crippen molar-refractivity contribution in [2.24, 2.45) is 11.3 Å². The monoisotopic (exact) mass is 525 g/mol. The van der Waals surface area contributed by atoms with E-state index < -0.39 is 29.4 Å². The number of nitrogens with one attached hydrogen (secondary N) is 1. The van der Waals surface area contributed by atoms with Crippen LogP contribution in [0.25, 0.3) is 10.9 Å². The Kier molecular flexibility index (Phi) is 9.38. The summed E-state index contributed by atoms with van der Waals surface area (Å²) in [7, 11) is 0. The molecule has 1 aromatic carbocycles. The van der Waals surface area contributed by atoms with Gasteiger partial charge in [-0.05, 0) is 69.9 Å². The van der Waals surface area contributed by atoms with Gasteiger partial charge in [0.1, 0.15) is 11.7 Å². The lowest BCUT2D eigenvalue weighted by molar-refractivity contribution is 0.0549. The first-order chi connectivity index (χ1) is 16.7.